The Balaban J connectivity index is 1.49. The molecule has 0 aliphatic heterocycles. The highest BCUT2D eigenvalue weighted by atomic mass is 28.4. The van der Waals surface area contributed by atoms with Gasteiger partial charge in [0.25, 0.3) is 0 Å². The van der Waals surface area contributed by atoms with Crippen molar-refractivity contribution in [3.05, 3.63) is 91.0 Å². The second-order valence-corrected chi connectivity index (χ2v) is 25.3. The van der Waals surface area contributed by atoms with Crippen molar-refractivity contribution in [2.24, 2.45) is 5.41 Å². The predicted octanol–water partition coefficient (Wildman–Crippen LogP) is 9.77. The Morgan fingerprint density at radius 2 is 0.566 bits per heavy atom. The van der Waals surface area contributed by atoms with Gasteiger partial charge in [-0.2, -0.15) is 0 Å². The number of rotatable bonds is 30. The molecular weight excluding hydrogens is 709 g/mol. The molecule has 0 saturated carbocycles. The number of hydrogen-bond donors (Lipinski definition) is 0. The molecule has 0 aliphatic rings. The van der Waals surface area contributed by atoms with Crippen LogP contribution in [0.25, 0.3) is 0 Å². The normalized spacial score (nSPS) is 12.7. The number of unbranched alkanes of at least 4 members (excludes halogenated alkanes) is 9. The molecule has 296 valence electrons. The van der Waals surface area contributed by atoms with Gasteiger partial charge in [-0.15, -0.1) is 0 Å². The van der Waals surface area contributed by atoms with Gasteiger partial charge in [-0.1, -0.05) is 175 Å². The molecule has 53 heavy (non-hydrogen) atoms. The summed E-state index contributed by atoms with van der Waals surface area (Å²) in [5.41, 5.74) is 0.380. The lowest BCUT2D eigenvalue weighted by Crippen LogP contribution is -2.52. The van der Waals surface area contributed by atoms with Gasteiger partial charge in [0.2, 0.25) is 0 Å². The average molecular weight is 781 g/mol. The van der Waals surface area contributed by atoms with E-state index in [4.69, 9.17) is 26.6 Å². The van der Waals surface area contributed by atoms with Gasteiger partial charge in [0.15, 0.2) is 0 Å². The summed E-state index contributed by atoms with van der Waals surface area (Å²) >= 11 is 0. The Hall–Kier alpha value is -1.93. The molecule has 6 nitrogen and oxygen atoms in total. The van der Waals surface area contributed by atoms with E-state index < -0.39 is 25.7 Å². The van der Waals surface area contributed by atoms with E-state index in [1.807, 2.05) is 42.7 Å². The van der Waals surface area contributed by atoms with Crippen LogP contribution in [-0.4, -0.2) is 68.3 Å². The zero-order valence-electron chi connectivity index (χ0n) is 34.3. The molecule has 3 aromatic carbocycles. The maximum Gasteiger partial charge on any atom is 0.371 e. The smallest absolute Gasteiger partial charge is 0.371 e. The van der Waals surface area contributed by atoms with Crippen LogP contribution in [0.4, 0.5) is 0 Å². The third-order valence-corrected chi connectivity index (χ3v) is 22.4. The fraction of sp³-hybridized carbons (Fsp3) is 0.591. The molecule has 0 bridgehead atoms. The largest absolute Gasteiger partial charge is 0.394 e. The molecule has 0 fully saturated rings. The molecule has 0 spiro atoms. The second kappa shape index (κ2) is 24.6. The van der Waals surface area contributed by atoms with Crippen LogP contribution in [-0.2, 0) is 26.6 Å². The zero-order chi connectivity index (χ0) is 38.3. The lowest BCUT2D eigenvalue weighted by Gasteiger charge is -2.31. The van der Waals surface area contributed by atoms with Crippen LogP contribution in [0.3, 0.4) is 0 Å². The summed E-state index contributed by atoms with van der Waals surface area (Å²) in [6.45, 7) is 2.57. The third-order valence-electron chi connectivity index (χ3n) is 11.7. The van der Waals surface area contributed by atoms with Crippen molar-refractivity contribution in [1.82, 2.24) is 0 Å². The van der Waals surface area contributed by atoms with Gasteiger partial charge >= 0.3 is 25.7 Å². The third kappa shape index (κ3) is 14.0. The van der Waals surface area contributed by atoms with E-state index in [1.165, 1.54) is 92.6 Å². The van der Waals surface area contributed by atoms with Crippen LogP contribution >= 0.6 is 0 Å². The van der Waals surface area contributed by atoms with Crippen molar-refractivity contribution < 1.29 is 26.6 Å². The fourth-order valence-electron chi connectivity index (χ4n) is 8.24. The maximum atomic E-state index is 6.08. The van der Waals surface area contributed by atoms with Crippen molar-refractivity contribution in [3.63, 3.8) is 0 Å². The van der Waals surface area contributed by atoms with E-state index in [2.05, 4.69) is 97.9 Å². The number of hydrogen-bond acceptors (Lipinski definition) is 6. The Morgan fingerprint density at radius 3 is 0.792 bits per heavy atom. The minimum Gasteiger partial charge on any atom is -0.394 e. The first-order valence-electron chi connectivity index (χ1n) is 20.3. The highest BCUT2D eigenvalue weighted by Gasteiger charge is 2.39. The van der Waals surface area contributed by atoms with Crippen molar-refractivity contribution in [2.75, 3.05) is 42.7 Å². The van der Waals surface area contributed by atoms with Crippen LogP contribution in [0.1, 0.15) is 103 Å². The first-order chi connectivity index (χ1) is 25.8. The highest BCUT2D eigenvalue weighted by molar-refractivity contribution is 6.82. The van der Waals surface area contributed by atoms with E-state index in [1.54, 1.807) is 0 Å². The topological polar surface area (TPSA) is 55.4 Å². The minimum absolute atomic E-state index is 0.380. The zero-order valence-corrected chi connectivity index (χ0v) is 37.3. The van der Waals surface area contributed by atoms with Gasteiger partial charge in [-0.05, 0) is 58.4 Å². The lowest BCUT2D eigenvalue weighted by atomic mass is 9.76. The Bertz CT molecular complexity index is 1170. The van der Waals surface area contributed by atoms with Crippen molar-refractivity contribution >= 4 is 41.2 Å². The average Bonchev–Trinajstić information content (AvgIpc) is 3.22. The van der Waals surface area contributed by atoms with Crippen molar-refractivity contribution in [1.29, 1.82) is 0 Å². The van der Waals surface area contributed by atoms with Crippen LogP contribution < -0.4 is 15.6 Å². The molecule has 0 aromatic heterocycles. The summed E-state index contributed by atoms with van der Waals surface area (Å²) in [5.74, 6) is 0. The summed E-state index contributed by atoms with van der Waals surface area (Å²) in [7, 11) is 3.81. The summed E-state index contributed by atoms with van der Waals surface area (Å²) in [6, 6.07) is 34.7. The van der Waals surface area contributed by atoms with Crippen molar-refractivity contribution in [2.45, 2.75) is 121 Å². The Labute approximate surface area is 327 Å². The van der Waals surface area contributed by atoms with Crippen LogP contribution in [0.2, 0.25) is 18.1 Å². The lowest BCUT2D eigenvalue weighted by molar-refractivity contribution is 0.221. The molecule has 0 atom stereocenters. The molecule has 0 heterocycles. The Kier molecular flexibility index (Phi) is 21.1. The molecule has 0 amide bonds. The first-order valence-corrected chi connectivity index (χ1v) is 26.3. The summed E-state index contributed by atoms with van der Waals surface area (Å²) < 4.78 is 36.5. The van der Waals surface area contributed by atoms with E-state index in [0.717, 1.165) is 37.4 Å². The summed E-state index contributed by atoms with van der Waals surface area (Å²) in [4.78, 5) is 0. The monoisotopic (exact) mass is 780 g/mol. The Morgan fingerprint density at radius 1 is 0.340 bits per heavy atom. The minimum atomic E-state index is -2.37. The molecule has 9 heteroatoms. The SMILES string of the molecule is CO[Si](CCCCCCC(C)(CCCCCC[Si](OC)(OC)c1ccccc1)CCCCCC[Si](OC)(OC)c1ccccc1)(OC)c1ccccc1. The molecule has 0 radical (unpaired) electrons. The van der Waals surface area contributed by atoms with Crippen LogP contribution in [0.15, 0.2) is 91.0 Å². The van der Waals surface area contributed by atoms with Gasteiger partial charge in [-0.3, -0.25) is 0 Å². The maximum absolute atomic E-state index is 6.08. The molecule has 0 unspecified atom stereocenters. The molecule has 0 saturated heterocycles. The van der Waals surface area contributed by atoms with Crippen molar-refractivity contribution in [3.8, 4) is 0 Å². The van der Waals surface area contributed by atoms with E-state index in [0.29, 0.717) is 5.41 Å². The summed E-state index contributed by atoms with van der Waals surface area (Å²) in [5, 5.41) is 3.69. The van der Waals surface area contributed by atoms with Crippen LogP contribution in [0, 0.1) is 5.41 Å². The molecule has 0 aliphatic carbocycles. The first kappa shape index (κ1) is 45.5. The quantitative estimate of drug-likeness (QED) is 0.0496. The van der Waals surface area contributed by atoms with Gasteiger partial charge in [0.1, 0.15) is 0 Å². The predicted molar refractivity (Wildman–Crippen MR) is 229 cm³/mol. The second-order valence-electron chi connectivity index (χ2n) is 15.1. The fourth-order valence-corrected chi connectivity index (χ4v) is 16.5. The van der Waals surface area contributed by atoms with E-state index in [-0.39, 0.29) is 0 Å². The van der Waals surface area contributed by atoms with Gasteiger partial charge in [0.05, 0.1) is 0 Å². The van der Waals surface area contributed by atoms with E-state index >= 15 is 0 Å². The highest BCUT2D eigenvalue weighted by Crippen LogP contribution is 2.37. The molecule has 3 rings (SSSR count). The molecule has 3 aromatic rings. The van der Waals surface area contributed by atoms with E-state index in [9.17, 15) is 0 Å². The van der Waals surface area contributed by atoms with Gasteiger partial charge < -0.3 is 26.6 Å². The number of benzene rings is 3. The van der Waals surface area contributed by atoms with Gasteiger partial charge in [0, 0.05) is 42.7 Å². The standard InChI is InChI=1S/C44H72O6Si3/c1-44(35-23-8-11-26-38-51(45-2,46-3)41-29-17-14-18-30-41,36-24-9-12-27-39-52(47-4,48-5)42-31-19-15-20-32-42)37-25-10-13-28-40-53(49-6,50-7)43-33-21-16-22-34-43/h14-22,29-34H,8-13,23-28,35-40H2,1-7H3. The summed E-state index contributed by atoms with van der Waals surface area (Å²) in [6.07, 6.45) is 18.7. The molecular formula is C44H72O6Si3. The molecule has 0 N–H and O–H groups in total. The van der Waals surface area contributed by atoms with Gasteiger partial charge in [-0.25, -0.2) is 0 Å². The van der Waals surface area contributed by atoms with Crippen LogP contribution in [0.5, 0.6) is 0 Å².